The summed E-state index contributed by atoms with van der Waals surface area (Å²) in [6.45, 7) is 4.80. The van der Waals surface area contributed by atoms with Crippen LogP contribution in [0.5, 0.6) is 0 Å². The Hall–Kier alpha value is -1.93. The summed E-state index contributed by atoms with van der Waals surface area (Å²) < 4.78 is 7.42. The molecule has 2 aromatic heterocycles. The van der Waals surface area contributed by atoms with Crippen LogP contribution in [-0.2, 0) is 17.8 Å². The third kappa shape index (κ3) is 4.55. The molecule has 130 valence electrons. The molecule has 1 atom stereocenters. The van der Waals surface area contributed by atoms with E-state index in [4.69, 9.17) is 4.74 Å². The van der Waals surface area contributed by atoms with E-state index in [2.05, 4.69) is 27.9 Å². The molecule has 24 heavy (non-hydrogen) atoms. The van der Waals surface area contributed by atoms with Crippen LogP contribution in [0.1, 0.15) is 31.7 Å². The van der Waals surface area contributed by atoms with Gasteiger partial charge in [0.2, 0.25) is 0 Å². The maximum Gasteiger partial charge on any atom is 0.323 e. The minimum atomic E-state index is -0.166. The highest BCUT2D eigenvalue weighted by Crippen LogP contribution is 2.17. The summed E-state index contributed by atoms with van der Waals surface area (Å²) in [6, 6.07) is 1.87. The van der Waals surface area contributed by atoms with Crippen molar-refractivity contribution in [2.75, 3.05) is 18.5 Å². The minimum Gasteiger partial charge on any atom is -0.376 e. The lowest BCUT2D eigenvalue weighted by molar-refractivity contribution is 0.0819. The number of nitrogens with one attached hydrogen (secondary N) is 1. The molecule has 1 saturated heterocycles. The quantitative estimate of drug-likeness (QED) is 0.834. The third-order valence-electron chi connectivity index (χ3n) is 3.92. The molecule has 0 saturated carbocycles. The molecule has 3 rings (SSSR count). The molecule has 8 heteroatoms. The molecule has 2 amide bonds. The largest absolute Gasteiger partial charge is 0.376 e. The Morgan fingerprint density at radius 2 is 2.50 bits per heavy atom. The van der Waals surface area contributed by atoms with E-state index >= 15 is 0 Å². The van der Waals surface area contributed by atoms with Gasteiger partial charge in [0.25, 0.3) is 0 Å². The number of nitrogens with zero attached hydrogens (tertiary/aromatic N) is 4. The van der Waals surface area contributed by atoms with Crippen LogP contribution in [-0.4, -0.2) is 45.2 Å². The number of hydrogen-bond acceptors (Lipinski definition) is 5. The lowest BCUT2D eigenvalue weighted by Crippen LogP contribution is -2.39. The average Bonchev–Trinajstić information content (AvgIpc) is 3.30. The zero-order chi connectivity index (χ0) is 16.8. The summed E-state index contributed by atoms with van der Waals surface area (Å²) in [6.07, 6.45) is 4.91. The average molecular weight is 349 g/mol. The second-order valence-electron chi connectivity index (χ2n) is 5.94. The van der Waals surface area contributed by atoms with E-state index in [1.807, 2.05) is 11.4 Å². The number of thiophene rings is 1. The van der Waals surface area contributed by atoms with Crippen molar-refractivity contribution < 1.29 is 9.53 Å². The molecule has 0 aromatic carbocycles. The van der Waals surface area contributed by atoms with Crippen LogP contribution in [0.25, 0.3) is 0 Å². The van der Waals surface area contributed by atoms with E-state index in [-0.39, 0.29) is 12.1 Å². The Kier molecular flexibility index (Phi) is 5.81. The van der Waals surface area contributed by atoms with Gasteiger partial charge in [-0.15, -0.1) is 5.10 Å². The predicted molar refractivity (Wildman–Crippen MR) is 93.0 cm³/mol. The molecule has 0 bridgehead atoms. The fourth-order valence-electron chi connectivity index (χ4n) is 2.74. The highest BCUT2D eigenvalue weighted by Gasteiger charge is 2.23. The Morgan fingerprint density at radius 1 is 1.58 bits per heavy atom. The van der Waals surface area contributed by atoms with Crippen molar-refractivity contribution in [3.05, 3.63) is 28.6 Å². The molecular weight excluding hydrogens is 326 g/mol. The molecule has 3 heterocycles. The topological polar surface area (TPSA) is 72.3 Å². The first-order valence-corrected chi connectivity index (χ1v) is 9.27. The van der Waals surface area contributed by atoms with Gasteiger partial charge in [-0.05, 0) is 41.7 Å². The fraction of sp³-hybridized carbons (Fsp3) is 0.562. The van der Waals surface area contributed by atoms with Gasteiger partial charge in [-0.2, -0.15) is 11.3 Å². The minimum absolute atomic E-state index is 0.116. The maximum absolute atomic E-state index is 12.7. The first-order chi connectivity index (χ1) is 11.7. The Labute approximate surface area is 145 Å². The molecule has 7 nitrogen and oxygen atoms in total. The molecule has 0 radical (unpaired) electrons. The Bertz CT molecular complexity index is 637. The van der Waals surface area contributed by atoms with Crippen molar-refractivity contribution >= 4 is 23.2 Å². The van der Waals surface area contributed by atoms with Crippen LogP contribution in [0.4, 0.5) is 10.6 Å². The van der Waals surface area contributed by atoms with E-state index < -0.39 is 0 Å². The summed E-state index contributed by atoms with van der Waals surface area (Å²) in [5.41, 5.74) is 1.13. The van der Waals surface area contributed by atoms with Crippen molar-refractivity contribution in [2.45, 2.75) is 45.4 Å². The molecule has 1 unspecified atom stereocenters. The normalized spacial score (nSPS) is 17.1. The number of rotatable bonds is 7. The number of urea groups is 1. The van der Waals surface area contributed by atoms with Gasteiger partial charge in [0, 0.05) is 26.2 Å². The van der Waals surface area contributed by atoms with Crippen molar-refractivity contribution in [1.82, 2.24) is 19.9 Å². The molecule has 1 aliphatic rings. The van der Waals surface area contributed by atoms with Crippen LogP contribution in [0.3, 0.4) is 0 Å². The van der Waals surface area contributed by atoms with Gasteiger partial charge < -0.3 is 9.64 Å². The predicted octanol–water partition coefficient (Wildman–Crippen LogP) is 2.96. The van der Waals surface area contributed by atoms with Crippen LogP contribution < -0.4 is 5.32 Å². The van der Waals surface area contributed by atoms with E-state index in [0.29, 0.717) is 18.9 Å². The number of amides is 2. The maximum atomic E-state index is 12.7. The highest BCUT2D eigenvalue weighted by molar-refractivity contribution is 7.07. The second-order valence-corrected chi connectivity index (χ2v) is 6.72. The molecule has 1 fully saturated rings. The Morgan fingerprint density at radius 3 is 3.21 bits per heavy atom. The van der Waals surface area contributed by atoms with Crippen LogP contribution >= 0.6 is 11.3 Å². The van der Waals surface area contributed by atoms with Crippen molar-refractivity contribution in [2.24, 2.45) is 0 Å². The van der Waals surface area contributed by atoms with Gasteiger partial charge in [0.1, 0.15) is 0 Å². The van der Waals surface area contributed by atoms with Gasteiger partial charge in [-0.25, -0.2) is 4.79 Å². The van der Waals surface area contributed by atoms with E-state index in [9.17, 15) is 4.79 Å². The Balaban J connectivity index is 1.64. The number of anilines is 1. The zero-order valence-electron chi connectivity index (χ0n) is 13.9. The van der Waals surface area contributed by atoms with Crippen LogP contribution in [0, 0.1) is 0 Å². The summed E-state index contributed by atoms with van der Waals surface area (Å²) in [7, 11) is 0. The lowest BCUT2D eigenvalue weighted by Gasteiger charge is -2.25. The number of carbonyl (C=O) groups is 1. The SMILES string of the molecule is CCCn1cc(NC(=O)N(Cc2ccsc2)CC2CCCO2)nn1. The number of ether oxygens (including phenoxy) is 1. The summed E-state index contributed by atoms with van der Waals surface area (Å²) in [5.74, 6) is 0.483. The number of hydrogen-bond donors (Lipinski definition) is 1. The van der Waals surface area contributed by atoms with Crippen molar-refractivity contribution in [3.63, 3.8) is 0 Å². The standard InChI is InChI=1S/C16H23N5O2S/c1-2-6-21-11-15(18-19-21)17-16(22)20(9-13-5-8-24-12-13)10-14-4-3-7-23-14/h5,8,11-12,14H,2-4,6-7,9-10H2,1H3,(H,17,22). The van der Waals surface area contributed by atoms with Gasteiger partial charge in [0.15, 0.2) is 5.82 Å². The smallest absolute Gasteiger partial charge is 0.323 e. The van der Waals surface area contributed by atoms with Gasteiger partial charge in [-0.1, -0.05) is 12.1 Å². The fourth-order valence-corrected chi connectivity index (χ4v) is 3.40. The molecule has 1 aliphatic heterocycles. The monoisotopic (exact) mass is 349 g/mol. The van der Waals surface area contributed by atoms with Gasteiger partial charge in [-0.3, -0.25) is 10.00 Å². The van der Waals surface area contributed by atoms with Gasteiger partial charge in [0.05, 0.1) is 12.3 Å². The molecule has 2 aromatic rings. The van der Waals surface area contributed by atoms with Crippen molar-refractivity contribution in [1.29, 1.82) is 0 Å². The summed E-state index contributed by atoms with van der Waals surface area (Å²) >= 11 is 1.63. The second kappa shape index (κ2) is 8.25. The first-order valence-electron chi connectivity index (χ1n) is 8.33. The first kappa shape index (κ1) is 16.9. The van der Waals surface area contributed by atoms with Gasteiger partial charge >= 0.3 is 6.03 Å². The summed E-state index contributed by atoms with van der Waals surface area (Å²) in [5, 5.41) is 15.0. The van der Waals surface area contributed by atoms with Crippen LogP contribution in [0.15, 0.2) is 23.0 Å². The molecule has 0 aliphatic carbocycles. The zero-order valence-corrected chi connectivity index (χ0v) is 14.7. The van der Waals surface area contributed by atoms with Crippen LogP contribution in [0.2, 0.25) is 0 Å². The molecule has 0 spiro atoms. The van der Waals surface area contributed by atoms with E-state index in [0.717, 1.165) is 38.0 Å². The molecule has 1 N–H and O–H groups in total. The lowest BCUT2D eigenvalue weighted by atomic mass is 10.2. The van der Waals surface area contributed by atoms with E-state index in [1.54, 1.807) is 27.1 Å². The third-order valence-corrected chi connectivity index (χ3v) is 4.65. The summed E-state index contributed by atoms with van der Waals surface area (Å²) in [4.78, 5) is 14.5. The number of aryl methyl sites for hydroxylation is 1. The van der Waals surface area contributed by atoms with Crippen molar-refractivity contribution in [3.8, 4) is 0 Å². The number of aromatic nitrogens is 3. The van der Waals surface area contributed by atoms with E-state index in [1.165, 1.54) is 0 Å². The molecular formula is C16H23N5O2S. The number of carbonyl (C=O) groups excluding carboxylic acids is 1. The highest BCUT2D eigenvalue weighted by atomic mass is 32.1.